The first kappa shape index (κ1) is 26.4. The van der Waals surface area contributed by atoms with Crippen molar-refractivity contribution in [3.8, 4) is 11.5 Å². The molecule has 0 radical (unpaired) electrons. The molecule has 3 aromatic rings. The van der Waals surface area contributed by atoms with Gasteiger partial charge in [-0.05, 0) is 48.9 Å². The first-order valence-electron chi connectivity index (χ1n) is 11.4. The summed E-state index contributed by atoms with van der Waals surface area (Å²) in [4.78, 5) is 37.3. The van der Waals surface area contributed by atoms with Gasteiger partial charge < -0.3 is 30.3 Å². The molecule has 9 nitrogen and oxygen atoms in total. The number of esters is 1. The summed E-state index contributed by atoms with van der Waals surface area (Å²) >= 11 is 0. The smallest absolute Gasteiger partial charge is 0.328 e. The van der Waals surface area contributed by atoms with Crippen LogP contribution in [0.3, 0.4) is 0 Å². The zero-order valence-electron chi connectivity index (χ0n) is 19.7. The second kappa shape index (κ2) is 13.0. The van der Waals surface area contributed by atoms with Crippen molar-refractivity contribution in [1.29, 1.82) is 0 Å². The standard InChI is InChI=1S/C27H28N2O7/c1-2-35-27(34)22(17-18-9-5-3-6-10-18)29-26(33)24(31)23(30)25(32)28-19-13-15-21(16-14-19)36-20-11-7-4-8-12-20/h3-16,22-24,30-31H,2,17H2,1H3,(H,28,32)(H,29,33)/t22-,23?,24?/m0/s1. The molecule has 0 aliphatic carbocycles. The highest BCUT2D eigenvalue weighted by Gasteiger charge is 2.33. The number of nitrogens with one attached hydrogen (secondary N) is 2. The highest BCUT2D eigenvalue weighted by molar-refractivity contribution is 5.99. The molecular formula is C27H28N2O7. The van der Waals surface area contributed by atoms with Crippen molar-refractivity contribution in [2.45, 2.75) is 31.6 Å². The number of benzene rings is 3. The number of ether oxygens (including phenoxy) is 2. The number of aliphatic hydroxyl groups excluding tert-OH is 2. The van der Waals surface area contributed by atoms with Crippen LogP contribution in [0.4, 0.5) is 5.69 Å². The second-order valence-corrected chi connectivity index (χ2v) is 7.82. The van der Waals surface area contributed by atoms with Crippen LogP contribution < -0.4 is 15.4 Å². The average molecular weight is 493 g/mol. The van der Waals surface area contributed by atoms with Crippen molar-refractivity contribution in [2.75, 3.05) is 11.9 Å². The van der Waals surface area contributed by atoms with Crippen molar-refractivity contribution in [3.05, 3.63) is 90.5 Å². The van der Waals surface area contributed by atoms with Gasteiger partial charge in [0, 0.05) is 12.1 Å². The number of para-hydroxylation sites is 1. The molecule has 0 heterocycles. The van der Waals surface area contributed by atoms with Gasteiger partial charge in [0.1, 0.15) is 17.5 Å². The summed E-state index contributed by atoms with van der Waals surface area (Å²) in [6.45, 7) is 1.73. The monoisotopic (exact) mass is 492 g/mol. The zero-order valence-corrected chi connectivity index (χ0v) is 19.7. The van der Waals surface area contributed by atoms with Crippen molar-refractivity contribution < 1.29 is 34.1 Å². The molecule has 3 rings (SSSR count). The molecule has 3 atom stereocenters. The Morgan fingerprint density at radius 2 is 1.33 bits per heavy atom. The topological polar surface area (TPSA) is 134 Å². The fourth-order valence-electron chi connectivity index (χ4n) is 3.28. The first-order chi connectivity index (χ1) is 17.4. The van der Waals surface area contributed by atoms with Crippen molar-refractivity contribution in [3.63, 3.8) is 0 Å². The molecule has 0 saturated heterocycles. The number of carbonyl (C=O) groups excluding carboxylic acids is 3. The van der Waals surface area contributed by atoms with Gasteiger partial charge in [0.15, 0.2) is 12.2 Å². The molecular weight excluding hydrogens is 464 g/mol. The summed E-state index contributed by atoms with van der Waals surface area (Å²) in [5.41, 5.74) is 1.07. The van der Waals surface area contributed by atoms with Gasteiger partial charge in [0.2, 0.25) is 0 Å². The van der Waals surface area contributed by atoms with E-state index in [1.807, 2.05) is 24.3 Å². The fraction of sp³-hybridized carbons (Fsp3) is 0.222. The maximum absolute atomic E-state index is 12.5. The number of carbonyl (C=O) groups is 3. The molecule has 0 saturated carbocycles. The quantitative estimate of drug-likeness (QED) is 0.302. The molecule has 188 valence electrons. The van der Waals surface area contributed by atoms with Crippen LogP contribution in [0, 0.1) is 0 Å². The third-order valence-electron chi connectivity index (χ3n) is 5.11. The Balaban J connectivity index is 1.58. The lowest BCUT2D eigenvalue weighted by molar-refractivity contribution is -0.150. The molecule has 2 amide bonds. The number of amides is 2. The average Bonchev–Trinajstić information content (AvgIpc) is 2.89. The van der Waals surface area contributed by atoms with Crippen molar-refractivity contribution >= 4 is 23.5 Å². The Morgan fingerprint density at radius 3 is 1.94 bits per heavy atom. The molecule has 0 aromatic heterocycles. The van der Waals surface area contributed by atoms with Gasteiger partial charge in [-0.3, -0.25) is 9.59 Å². The molecule has 0 spiro atoms. The molecule has 0 fully saturated rings. The van der Waals surface area contributed by atoms with E-state index in [2.05, 4.69) is 10.6 Å². The van der Waals surface area contributed by atoms with Crippen LogP contribution in [0.15, 0.2) is 84.9 Å². The summed E-state index contributed by atoms with van der Waals surface area (Å²) in [5, 5.41) is 25.3. The SMILES string of the molecule is CCOC(=O)[C@H](Cc1ccccc1)NC(=O)C(O)C(O)C(=O)Nc1ccc(Oc2ccccc2)cc1. The van der Waals surface area contributed by atoms with E-state index in [-0.39, 0.29) is 13.0 Å². The number of anilines is 1. The Bertz CT molecular complexity index is 1140. The van der Waals surface area contributed by atoms with Crippen molar-refractivity contribution in [2.24, 2.45) is 0 Å². The van der Waals surface area contributed by atoms with E-state index in [0.717, 1.165) is 5.56 Å². The summed E-state index contributed by atoms with van der Waals surface area (Å²) in [6, 6.07) is 23.3. The minimum atomic E-state index is -2.11. The van der Waals surface area contributed by atoms with Crippen LogP contribution >= 0.6 is 0 Å². The first-order valence-corrected chi connectivity index (χ1v) is 11.4. The third kappa shape index (κ3) is 7.66. The van der Waals surface area contributed by atoms with Crippen molar-refractivity contribution in [1.82, 2.24) is 5.32 Å². The van der Waals surface area contributed by atoms with E-state index in [1.165, 1.54) is 0 Å². The predicted molar refractivity (Wildman–Crippen MR) is 132 cm³/mol. The normalized spacial score (nSPS) is 13.1. The maximum atomic E-state index is 12.5. The van der Waals surface area contributed by atoms with E-state index in [0.29, 0.717) is 17.2 Å². The maximum Gasteiger partial charge on any atom is 0.328 e. The lowest BCUT2D eigenvalue weighted by Gasteiger charge is -2.21. The highest BCUT2D eigenvalue weighted by atomic mass is 16.5. The van der Waals surface area contributed by atoms with Gasteiger partial charge in [0.05, 0.1) is 6.61 Å². The van der Waals surface area contributed by atoms with Gasteiger partial charge in [-0.2, -0.15) is 0 Å². The Labute approximate surface area is 208 Å². The van der Waals surface area contributed by atoms with Gasteiger partial charge in [-0.15, -0.1) is 0 Å². The fourth-order valence-corrected chi connectivity index (χ4v) is 3.28. The molecule has 0 bridgehead atoms. The number of hydrogen-bond acceptors (Lipinski definition) is 7. The molecule has 0 aliphatic rings. The summed E-state index contributed by atoms with van der Waals surface area (Å²) < 4.78 is 10.7. The van der Waals surface area contributed by atoms with E-state index < -0.39 is 36.0 Å². The molecule has 3 aromatic carbocycles. The van der Waals surface area contributed by atoms with E-state index in [4.69, 9.17) is 9.47 Å². The van der Waals surface area contributed by atoms with Crippen LogP contribution in [0.2, 0.25) is 0 Å². The summed E-state index contributed by atoms with van der Waals surface area (Å²) in [5.74, 6) is -1.60. The number of hydrogen-bond donors (Lipinski definition) is 4. The highest BCUT2D eigenvalue weighted by Crippen LogP contribution is 2.22. The minimum absolute atomic E-state index is 0.1000. The number of rotatable bonds is 11. The van der Waals surface area contributed by atoms with E-state index in [9.17, 15) is 24.6 Å². The largest absolute Gasteiger partial charge is 0.464 e. The minimum Gasteiger partial charge on any atom is -0.464 e. The summed E-state index contributed by atoms with van der Waals surface area (Å²) in [7, 11) is 0. The lowest BCUT2D eigenvalue weighted by atomic mass is 10.0. The number of aliphatic hydroxyl groups is 2. The van der Waals surface area contributed by atoms with Crippen LogP contribution in [-0.4, -0.2) is 52.9 Å². The van der Waals surface area contributed by atoms with Crippen LogP contribution in [0.1, 0.15) is 12.5 Å². The molecule has 9 heteroatoms. The van der Waals surface area contributed by atoms with E-state index in [1.54, 1.807) is 67.6 Å². The molecule has 0 aliphatic heterocycles. The van der Waals surface area contributed by atoms with Gasteiger partial charge >= 0.3 is 5.97 Å². The van der Waals surface area contributed by atoms with Gasteiger partial charge in [-0.25, -0.2) is 4.79 Å². The molecule has 4 N–H and O–H groups in total. The molecule has 2 unspecified atom stereocenters. The summed E-state index contributed by atoms with van der Waals surface area (Å²) in [6.07, 6.45) is -4.08. The van der Waals surface area contributed by atoms with Crippen LogP contribution in [0.5, 0.6) is 11.5 Å². The molecule has 36 heavy (non-hydrogen) atoms. The van der Waals surface area contributed by atoms with Gasteiger partial charge in [0.25, 0.3) is 11.8 Å². The Kier molecular flexibility index (Phi) is 9.56. The second-order valence-electron chi connectivity index (χ2n) is 7.82. The predicted octanol–water partition coefficient (Wildman–Crippen LogP) is 2.43. The Hall–Kier alpha value is -4.21. The van der Waals surface area contributed by atoms with Crippen LogP contribution in [-0.2, 0) is 25.5 Å². The van der Waals surface area contributed by atoms with E-state index >= 15 is 0 Å². The van der Waals surface area contributed by atoms with Crippen LogP contribution in [0.25, 0.3) is 0 Å². The lowest BCUT2D eigenvalue weighted by Crippen LogP contribution is -2.52. The Morgan fingerprint density at radius 1 is 0.778 bits per heavy atom. The zero-order chi connectivity index (χ0) is 25.9. The van der Waals surface area contributed by atoms with Gasteiger partial charge in [-0.1, -0.05) is 48.5 Å². The third-order valence-corrected chi connectivity index (χ3v) is 5.11.